The third kappa shape index (κ3) is 2.67. The topological polar surface area (TPSA) is 50.1 Å². The number of nitriles is 1. The Morgan fingerprint density at radius 3 is 2.40 bits per heavy atom. The van der Waals surface area contributed by atoms with E-state index in [2.05, 4.69) is 6.07 Å². The number of rotatable bonds is 3. The molecule has 3 nitrogen and oxygen atoms in total. The second-order valence-electron chi connectivity index (χ2n) is 4.45. The lowest BCUT2D eigenvalue weighted by atomic mass is 10.1. The summed E-state index contributed by atoms with van der Waals surface area (Å²) in [6, 6.07) is 9.24. The molecule has 20 heavy (non-hydrogen) atoms. The van der Waals surface area contributed by atoms with Crippen molar-refractivity contribution in [3.8, 4) is 17.6 Å². The van der Waals surface area contributed by atoms with Crippen LogP contribution < -0.4 is 4.74 Å². The van der Waals surface area contributed by atoms with E-state index in [0.29, 0.717) is 17.6 Å². The van der Waals surface area contributed by atoms with Crippen LogP contribution in [-0.4, -0.2) is 6.29 Å². The molecule has 2 aromatic rings. The van der Waals surface area contributed by atoms with Crippen molar-refractivity contribution in [2.45, 2.75) is 13.8 Å². The Morgan fingerprint density at radius 2 is 1.85 bits per heavy atom. The number of nitrogens with zero attached hydrogens (tertiary/aromatic N) is 1. The number of aldehydes is 1. The van der Waals surface area contributed by atoms with E-state index in [1.807, 2.05) is 13.8 Å². The minimum absolute atomic E-state index is 0.146. The molecule has 0 aliphatic rings. The van der Waals surface area contributed by atoms with Gasteiger partial charge in [0.2, 0.25) is 0 Å². The highest BCUT2D eigenvalue weighted by Gasteiger charge is 2.11. The van der Waals surface area contributed by atoms with Gasteiger partial charge in [-0.25, -0.2) is 4.39 Å². The Bertz CT molecular complexity index is 694. The molecule has 2 rings (SSSR count). The van der Waals surface area contributed by atoms with Crippen LogP contribution in [0.25, 0.3) is 0 Å². The second kappa shape index (κ2) is 5.54. The van der Waals surface area contributed by atoms with E-state index in [4.69, 9.17) is 10.00 Å². The number of aryl methyl sites for hydroxylation is 2. The average molecular weight is 269 g/mol. The van der Waals surface area contributed by atoms with Crippen LogP contribution in [0.1, 0.15) is 27.0 Å². The fourth-order valence-corrected chi connectivity index (χ4v) is 1.99. The smallest absolute Gasteiger partial charge is 0.153 e. The maximum atomic E-state index is 13.1. The van der Waals surface area contributed by atoms with E-state index in [-0.39, 0.29) is 11.3 Å². The fourth-order valence-electron chi connectivity index (χ4n) is 1.99. The molecule has 0 radical (unpaired) electrons. The second-order valence-corrected chi connectivity index (χ2v) is 4.45. The molecule has 0 aromatic heterocycles. The minimum Gasteiger partial charge on any atom is -0.456 e. The van der Waals surface area contributed by atoms with E-state index in [0.717, 1.165) is 17.2 Å². The molecule has 0 amide bonds. The molecule has 0 aliphatic carbocycles. The largest absolute Gasteiger partial charge is 0.456 e. The molecule has 0 spiro atoms. The first-order valence-electron chi connectivity index (χ1n) is 5.99. The summed E-state index contributed by atoms with van der Waals surface area (Å²) in [5, 5.41) is 8.90. The van der Waals surface area contributed by atoms with Gasteiger partial charge < -0.3 is 4.74 Å². The number of carbonyl (C=O) groups is 1. The van der Waals surface area contributed by atoms with Crippen molar-refractivity contribution in [2.75, 3.05) is 0 Å². The first-order valence-corrected chi connectivity index (χ1v) is 5.99. The highest BCUT2D eigenvalue weighted by atomic mass is 19.1. The molecule has 0 saturated carbocycles. The lowest BCUT2D eigenvalue weighted by molar-refractivity contribution is 0.112. The van der Waals surface area contributed by atoms with Gasteiger partial charge in [-0.3, -0.25) is 4.79 Å². The summed E-state index contributed by atoms with van der Waals surface area (Å²) in [7, 11) is 0. The van der Waals surface area contributed by atoms with Gasteiger partial charge >= 0.3 is 0 Å². The lowest BCUT2D eigenvalue weighted by Crippen LogP contribution is -1.96. The summed E-state index contributed by atoms with van der Waals surface area (Å²) in [5.41, 5.74) is 2.25. The van der Waals surface area contributed by atoms with E-state index in [1.54, 1.807) is 12.1 Å². The fraction of sp³-hybridized carbons (Fsp3) is 0.125. The molecule has 0 unspecified atom stereocenters. The number of hydrogen-bond donors (Lipinski definition) is 0. The molecule has 0 N–H and O–H groups in total. The van der Waals surface area contributed by atoms with Crippen LogP contribution in [0.4, 0.5) is 4.39 Å². The van der Waals surface area contributed by atoms with E-state index >= 15 is 0 Å². The van der Waals surface area contributed by atoms with Crippen molar-refractivity contribution in [1.82, 2.24) is 0 Å². The molecule has 2 aromatic carbocycles. The summed E-state index contributed by atoms with van der Waals surface area (Å²) in [4.78, 5) is 11.0. The monoisotopic (exact) mass is 269 g/mol. The van der Waals surface area contributed by atoms with Crippen LogP contribution in [0.2, 0.25) is 0 Å². The summed E-state index contributed by atoms with van der Waals surface area (Å²) in [5.74, 6) is 0.365. The molecule has 0 saturated heterocycles. The Kier molecular flexibility index (Phi) is 3.81. The zero-order valence-corrected chi connectivity index (χ0v) is 11.1. The molecule has 4 heteroatoms. The quantitative estimate of drug-likeness (QED) is 0.793. The zero-order valence-electron chi connectivity index (χ0n) is 11.1. The molecular formula is C16H12FNO2. The molecule has 0 aliphatic heterocycles. The van der Waals surface area contributed by atoms with E-state index < -0.39 is 5.82 Å². The highest BCUT2D eigenvalue weighted by Crippen LogP contribution is 2.31. The SMILES string of the molecule is Cc1cc(C#N)cc(C)c1Oc1ccc(F)cc1C=O. The molecule has 100 valence electrons. The van der Waals surface area contributed by atoms with Gasteiger partial charge in [-0.1, -0.05) is 0 Å². The van der Waals surface area contributed by atoms with E-state index in [1.165, 1.54) is 12.1 Å². The standard InChI is InChI=1S/C16H12FNO2/c1-10-5-12(8-18)6-11(2)16(10)20-15-4-3-14(17)7-13(15)9-19/h3-7,9H,1-2H3. The van der Waals surface area contributed by atoms with E-state index in [9.17, 15) is 9.18 Å². The molecule has 0 bridgehead atoms. The van der Waals surface area contributed by atoms with Gasteiger partial charge in [0.05, 0.1) is 17.2 Å². The van der Waals surface area contributed by atoms with Gasteiger partial charge in [0.1, 0.15) is 17.3 Å². The summed E-state index contributed by atoms with van der Waals surface area (Å²) in [6.07, 6.45) is 0.548. The van der Waals surface area contributed by atoms with Crippen molar-refractivity contribution in [1.29, 1.82) is 5.26 Å². The van der Waals surface area contributed by atoms with Gasteiger partial charge in [-0.2, -0.15) is 5.26 Å². The number of benzene rings is 2. The van der Waals surface area contributed by atoms with Crippen LogP contribution in [0.3, 0.4) is 0 Å². The van der Waals surface area contributed by atoms with Crippen LogP contribution in [-0.2, 0) is 0 Å². The Balaban J connectivity index is 2.46. The highest BCUT2D eigenvalue weighted by molar-refractivity contribution is 5.79. The first-order chi connectivity index (χ1) is 9.55. The van der Waals surface area contributed by atoms with Gasteiger partial charge in [0.15, 0.2) is 6.29 Å². The van der Waals surface area contributed by atoms with Crippen molar-refractivity contribution in [3.63, 3.8) is 0 Å². The van der Waals surface area contributed by atoms with Crippen LogP contribution >= 0.6 is 0 Å². The predicted octanol–water partition coefficient (Wildman–Crippen LogP) is 3.92. The maximum absolute atomic E-state index is 13.1. The maximum Gasteiger partial charge on any atom is 0.153 e. The summed E-state index contributed by atoms with van der Waals surface area (Å²) < 4.78 is 18.8. The number of halogens is 1. The van der Waals surface area contributed by atoms with Crippen molar-refractivity contribution in [2.24, 2.45) is 0 Å². The van der Waals surface area contributed by atoms with Crippen LogP contribution in [0.5, 0.6) is 11.5 Å². The number of carbonyl (C=O) groups excluding carboxylic acids is 1. The van der Waals surface area contributed by atoms with Crippen LogP contribution in [0, 0.1) is 31.0 Å². The third-order valence-electron chi connectivity index (χ3n) is 2.90. The van der Waals surface area contributed by atoms with Crippen molar-refractivity contribution in [3.05, 3.63) is 58.4 Å². The Labute approximate surface area is 116 Å². The normalized spacial score (nSPS) is 9.90. The predicted molar refractivity (Wildman–Crippen MR) is 72.5 cm³/mol. The van der Waals surface area contributed by atoms with Crippen molar-refractivity contribution < 1.29 is 13.9 Å². The number of ether oxygens (including phenoxy) is 1. The minimum atomic E-state index is -0.493. The number of hydrogen-bond acceptors (Lipinski definition) is 3. The summed E-state index contributed by atoms with van der Waals surface area (Å²) >= 11 is 0. The zero-order chi connectivity index (χ0) is 14.7. The van der Waals surface area contributed by atoms with Gasteiger partial charge in [0, 0.05) is 0 Å². The van der Waals surface area contributed by atoms with Gasteiger partial charge in [-0.05, 0) is 55.3 Å². The molecule has 0 atom stereocenters. The Morgan fingerprint density at radius 1 is 1.20 bits per heavy atom. The average Bonchev–Trinajstić information content (AvgIpc) is 2.43. The summed E-state index contributed by atoms with van der Waals surface area (Å²) in [6.45, 7) is 3.63. The first kappa shape index (κ1) is 13.8. The van der Waals surface area contributed by atoms with Crippen LogP contribution in [0.15, 0.2) is 30.3 Å². The third-order valence-corrected chi connectivity index (χ3v) is 2.90. The lowest BCUT2D eigenvalue weighted by Gasteiger charge is -2.13. The van der Waals surface area contributed by atoms with Gasteiger partial charge in [0.25, 0.3) is 0 Å². The van der Waals surface area contributed by atoms with Crippen molar-refractivity contribution >= 4 is 6.29 Å². The molecular weight excluding hydrogens is 257 g/mol. The molecule has 0 fully saturated rings. The Hall–Kier alpha value is -2.67. The molecule has 0 heterocycles. The van der Waals surface area contributed by atoms with Gasteiger partial charge in [-0.15, -0.1) is 0 Å².